The number of aliphatic hydroxyl groups is 2. The van der Waals surface area contributed by atoms with Crippen LogP contribution in [0.4, 0.5) is 0 Å². The molecule has 5 fully saturated rings. The van der Waals surface area contributed by atoms with Crippen molar-refractivity contribution in [1.29, 1.82) is 0 Å². The molecule has 9 atom stereocenters. The first-order valence-electron chi connectivity index (χ1n) is 10.9. The summed E-state index contributed by atoms with van der Waals surface area (Å²) in [5.41, 5.74) is 1.01. The van der Waals surface area contributed by atoms with Crippen LogP contribution < -0.4 is 0 Å². The fraction of sp³-hybridized carbons (Fsp3) is 1.00. The second kappa shape index (κ2) is 5.46. The molecule has 2 nitrogen and oxygen atoms in total. The molecule has 0 aliphatic heterocycles. The number of aliphatic hydroxyl groups excluding tert-OH is 2. The predicted molar refractivity (Wildman–Crippen MR) is 95.4 cm³/mol. The van der Waals surface area contributed by atoms with E-state index in [1.54, 1.807) is 0 Å². The van der Waals surface area contributed by atoms with Crippen molar-refractivity contribution >= 4 is 0 Å². The highest BCUT2D eigenvalue weighted by molar-refractivity contribution is 5.12. The van der Waals surface area contributed by atoms with Gasteiger partial charge in [-0.2, -0.15) is 0 Å². The van der Waals surface area contributed by atoms with Gasteiger partial charge in [-0.05, 0) is 111 Å². The maximum Gasteiger partial charge on any atom is 0.0573 e. The van der Waals surface area contributed by atoms with E-state index in [2.05, 4.69) is 6.92 Å². The third-order valence-corrected chi connectivity index (χ3v) is 10.0. The van der Waals surface area contributed by atoms with Gasteiger partial charge in [-0.3, -0.25) is 0 Å². The molecular weight excluding hydrogens is 296 g/mol. The number of fused-ring (bicyclic) bond motifs is 4. The van der Waals surface area contributed by atoms with Gasteiger partial charge in [0.25, 0.3) is 0 Å². The molecule has 136 valence electrons. The van der Waals surface area contributed by atoms with Crippen LogP contribution in [-0.4, -0.2) is 22.4 Å². The minimum atomic E-state index is -0.0288. The molecule has 2 heteroatoms. The third kappa shape index (κ3) is 2.02. The Labute approximate surface area is 147 Å². The van der Waals surface area contributed by atoms with E-state index in [4.69, 9.17) is 0 Å². The van der Waals surface area contributed by atoms with Crippen LogP contribution in [0.5, 0.6) is 0 Å². The lowest BCUT2D eigenvalue weighted by Gasteiger charge is -2.62. The van der Waals surface area contributed by atoms with Gasteiger partial charge in [0.15, 0.2) is 0 Å². The normalized spacial score (nSPS) is 59.9. The van der Waals surface area contributed by atoms with Gasteiger partial charge >= 0.3 is 0 Å². The zero-order chi connectivity index (χ0) is 16.5. The summed E-state index contributed by atoms with van der Waals surface area (Å²) in [6.45, 7) is 2.58. The Kier molecular flexibility index (Phi) is 3.67. The minimum Gasteiger partial charge on any atom is -0.393 e. The summed E-state index contributed by atoms with van der Waals surface area (Å²) < 4.78 is 0. The molecule has 0 saturated heterocycles. The van der Waals surface area contributed by atoms with Crippen LogP contribution in [0.15, 0.2) is 0 Å². The van der Waals surface area contributed by atoms with Gasteiger partial charge in [-0.15, -0.1) is 0 Å². The lowest BCUT2D eigenvalue weighted by molar-refractivity contribution is -0.147. The lowest BCUT2D eigenvalue weighted by atomic mass is 9.43. The molecule has 0 aromatic carbocycles. The molecule has 0 bridgehead atoms. The van der Waals surface area contributed by atoms with E-state index in [1.807, 2.05) is 0 Å². The Morgan fingerprint density at radius 1 is 0.750 bits per heavy atom. The zero-order valence-electron chi connectivity index (χ0n) is 15.4. The van der Waals surface area contributed by atoms with E-state index in [-0.39, 0.29) is 12.2 Å². The first-order valence-corrected chi connectivity index (χ1v) is 10.9. The molecule has 5 aliphatic carbocycles. The summed E-state index contributed by atoms with van der Waals surface area (Å²) in [7, 11) is 0. The van der Waals surface area contributed by atoms with Crippen LogP contribution >= 0.6 is 0 Å². The minimum absolute atomic E-state index is 0.00273. The van der Waals surface area contributed by atoms with Gasteiger partial charge in [0.05, 0.1) is 12.2 Å². The highest BCUT2D eigenvalue weighted by Gasteiger charge is 2.62. The van der Waals surface area contributed by atoms with Crippen molar-refractivity contribution < 1.29 is 10.2 Å². The van der Waals surface area contributed by atoms with Crippen LogP contribution in [0.1, 0.15) is 84.0 Å². The van der Waals surface area contributed by atoms with Crippen LogP contribution in [0, 0.1) is 40.4 Å². The highest BCUT2D eigenvalue weighted by Crippen LogP contribution is 2.70. The van der Waals surface area contributed by atoms with Gasteiger partial charge in [0.2, 0.25) is 0 Å². The largest absolute Gasteiger partial charge is 0.393 e. The number of hydrogen-bond acceptors (Lipinski definition) is 2. The quantitative estimate of drug-likeness (QED) is 0.684. The fourth-order valence-corrected chi connectivity index (χ4v) is 9.00. The molecule has 5 saturated carbocycles. The second-order valence-corrected chi connectivity index (χ2v) is 10.5. The van der Waals surface area contributed by atoms with Crippen molar-refractivity contribution in [2.24, 2.45) is 40.4 Å². The first kappa shape index (κ1) is 16.1. The average Bonchev–Trinajstić information content (AvgIpc) is 2.96. The smallest absolute Gasteiger partial charge is 0.0573 e. The van der Waals surface area contributed by atoms with E-state index in [9.17, 15) is 10.2 Å². The first-order chi connectivity index (χ1) is 11.5. The molecule has 0 aromatic rings. The number of hydrogen-bond donors (Lipinski definition) is 2. The Bertz CT molecular complexity index is 504. The second-order valence-electron chi connectivity index (χ2n) is 10.5. The van der Waals surface area contributed by atoms with Gasteiger partial charge < -0.3 is 10.2 Å². The van der Waals surface area contributed by atoms with E-state index in [1.165, 1.54) is 57.8 Å². The van der Waals surface area contributed by atoms with E-state index in [0.717, 1.165) is 42.9 Å². The molecule has 24 heavy (non-hydrogen) atoms. The van der Waals surface area contributed by atoms with E-state index in [0.29, 0.717) is 16.7 Å². The molecule has 0 radical (unpaired) electrons. The molecule has 5 rings (SSSR count). The average molecular weight is 333 g/mol. The SMILES string of the molecule is C[C@]12CC[C@@H](O)C[C@@H]1CCC1C3CC[C@@H]4[C@H](O)CCC[C@]34CCC12. The fourth-order valence-electron chi connectivity index (χ4n) is 9.00. The molecule has 0 heterocycles. The summed E-state index contributed by atoms with van der Waals surface area (Å²) in [6.07, 6.45) is 15.3. The molecule has 5 aliphatic rings. The summed E-state index contributed by atoms with van der Waals surface area (Å²) in [6, 6.07) is 0. The van der Waals surface area contributed by atoms with E-state index >= 15 is 0 Å². The van der Waals surface area contributed by atoms with Crippen molar-refractivity contribution in [1.82, 2.24) is 0 Å². The van der Waals surface area contributed by atoms with Crippen LogP contribution in [-0.2, 0) is 0 Å². The monoisotopic (exact) mass is 332 g/mol. The molecule has 0 amide bonds. The summed E-state index contributed by atoms with van der Waals surface area (Å²) in [5, 5.41) is 20.8. The maximum absolute atomic E-state index is 10.6. The van der Waals surface area contributed by atoms with Gasteiger partial charge in [0.1, 0.15) is 0 Å². The van der Waals surface area contributed by atoms with Crippen LogP contribution in [0.3, 0.4) is 0 Å². The van der Waals surface area contributed by atoms with Gasteiger partial charge in [-0.1, -0.05) is 13.3 Å². The summed E-state index contributed by atoms with van der Waals surface area (Å²) in [5.74, 6) is 4.12. The van der Waals surface area contributed by atoms with Crippen molar-refractivity contribution in [3.63, 3.8) is 0 Å². The molecule has 1 spiro atoms. The lowest BCUT2D eigenvalue weighted by Crippen LogP contribution is -2.55. The predicted octanol–water partition coefficient (Wildman–Crippen LogP) is 4.53. The molecule has 2 N–H and O–H groups in total. The molecule has 0 aromatic heterocycles. The van der Waals surface area contributed by atoms with Crippen molar-refractivity contribution in [2.75, 3.05) is 0 Å². The summed E-state index contributed by atoms with van der Waals surface area (Å²) in [4.78, 5) is 0. The van der Waals surface area contributed by atoms with Crippen molar-refractivity contribution in [3.05, 3.63) is 0 Å². The molecular formula is C22H36O2. The van der Waals surface area contributed by atoms with Crippen LogP contribution in [0.25, 0.3) is 0 Å². The zero-order valence-corrected chi connectivity index (χ0v) is 15.4. The highest BCUT2D eigenvalue weighted by atomic mass is 16.3. The van der Waals surface area contributed by atoms with Gasteiger partial charge in [0, 0.05) is 0 Å². The maximum atomic E-state index is 10.6. The topological polar surface area (TPSA) is 40.5 Å². The van der Waals surface area contributed by atoms with Crippen molar-refractivity contribution in [3.8, 4) is 0 Å². The Balaban J connectivity index is 1.45. The van der Waals surface area contributed by atoms with E-state index < -0.39 is 0 Å². The number of rotatable bonds is 0. The Morgan fingerprint density at radius 2 is 1.58 bits per heavy atom. The molecule has 3 unspecified atom stereocenters. The Morgan fingerprint density at radius 3 is 2.46 bits per heavy atom. The van der Waals surface area contributed by atoms with Gasteiger partial charge in [-0.25, -0.2) is 0 Å². The third-order valence-electron chi connectivity index (χ3n) is 10.0. The van der Waals surface area contributed by atoms with Crippen LogP contribution in [0.2, 0.25) is 0 Å². The summed E-state index contributed by atoms with van der Waals surface area (Å²) >= 11 is 0. The standard InChI is InChI=1S/C22H36O2/c1-21-11-8-15(23)13-14(21)4-5-16-17(21)9-12-22-10-2-3-20(24)19(22)7-6-18(16)22/h14-20,23-24H,2-13H2,1H3/t14-,15+,16?,17?,18?,19+,20+,21-,22-/m0/s1. The van der Waals surface area contributed by atoms with Crippen molar-refractivity contribution in [2.45, 2.75) is 96.2 Å². The Hall–Kier alpha value is -0.0800.